The van der Waals surface area contributed by atoms with Crippen LogP contribution >= 0.6 is 0 Å². The highest BCUT2D eigenvalue weighted by Crippen LogP contribution is 2.32. The Balaban J connectivity index is 2.07. The van der Waals surface area contributed by atoms with Gasteiger partial charge in [0.1, 0.15) is 11.3 Å². The van der Waals surface area contributed by atoms with E-state index in [1.165, 1.54) is 12.3 Å². The van der Waals surface area contributed by atoms with Gasteiger partial charge in [0.2, 0.25) is 0 Å². The second-order valence-electron chi connectivity index (χ2n) is 5.24. The van der Waals surface area contributed by atoms with Gasteiger partial charge < -0.3 is 5.11 Å². The van der Waals surface area contributed by atoms with Gasteiger partial charge in [0.05, 0.1) is 6.04 Å². The predicted molar refractivity (Wildman–Crippen MR) is 72.0 cm³/mol. The third kappa shape index (κ3) is 2.53. The van der Waals surface area contributed by atoms with Crippen LogP contribution < -0.4 is 0 Å². The molecule has 2 aromatic rings. The van der Waals surface area contributed by atoms with Crippen molar-refractivity contribution in [1.29, 1.82) is 0 Å². The van der Waals surface area contributed by atoms with Crippen LogP contribution in [0.15, 0.2) is 24.4 Å². The van der Waals surface area contributed by atoms with Gasteiger partial charge in [-0.15, -0.1) is 0 Å². The van der Waals surface area contributed by atoms with Crippen LogP contribution in [0.1, 0.15) is 42.1 Å². The van der Waals surface area contributed by atoms with E-state index >= 15 is 0 Å². The molecule has 0 unspecified atom stereocenters. The largest absolute Gasteiger partial charge is 0.478 e. The average Bonchev–Trinajstić information content (AvgIpc) is 3.09. The molecular formula is C15H14F2N2O2. The molecule has 0 saturated heterocycles. The first kappa shape index (κ1) is 13.7. The normalized spacial score (nSPS) is 15.5. The average molecular weight is 292 g/mol. The van der Waals surface area contributed by atoms with Crippen LogP contribution in [-0.2, 0) is 0 Å². The van der Waals surface area contributed by atoms with Crippen molar-refractivity contribution in [1.82, 2.24) is 9.78 Å². The summed E-state index contributed by atoms with van der Waals surface area (Å²) in [5, 5.41) is 13.6. The van der Waals surface area contributed by atoms with Gasteiger partial charge in [-0.1, -0.05) is 12.8 Å². The van der Waals surface area contributed by atoms with E-state index in [2.05, 4.69) is 5.10 Å². The van der Waals surface area contributed by atoms with E-state index < -0.39 is 17.6 Å². The Morgan fingerprint density at radius 2 is 1.95 bits per heavy atom. The second kappa shape index (κ2) is 5.27. The number of benzene rings is 1. The van der Waals surface area contributed by atoms with Crippen molar-refractivity contribution >= 4 is 5.97 Å². The summed E-state index contributed by atoms with van der Waals surface area (Å²) < 4.78 is 28.0. The lowest BCUT2D eigenvalue weighted by Gasteiger charge is -2.08. The van der Waals surface area contributed by atoms with Crippen LogP contribution in [0.5, 0.6) is 0 Å². The molecule has 1 aromatic carbocycles. The van der Waals surface area contributed by atoms with Crippen molar-refractivity contribution in [2.45, 2.75) is 31.7 Å². The first-order chi connectivity index (χ1) is 10.1. The molecule has 1 aromatic heterocycles. The first-order valence-electron chi connectivity index (χ1n) is 6.84. The molecule has 4 nitrogen and oxygen atoms in total. The van der Waals surface area contributed by atoms with E-state index in [9.17, 15) is 18.7 Å². The minimum absolute atomic E-state index is 0.00732. The number of carbonyl (C=O) groups is 1. The summed E-state index contributed by atoms with van der Waals surface area (Å²) in [7, 11) is 0. The maximum absolute atomic E-state index is 13.3. The zero-order valence-electron chi connectivity index (χ0n) is 11.2. The summed E-state index contributed by atoms with van der Waals surface area (Å²) in [6.07, 6.45) is 5.58. The van der Waals surface area contributed by atoms with E-state index in [0.29, 0.717) is 0 Å². The van der Waals surface area contributed by atoms with Gasteiger partial charge in [0.25, 0.3) is 0 Å². The molecule has 21 heavy (non-hydrogen) atoms. The molecule has 1 fully saturated rings. The summed E-state index contributed by atoms with van der Waals surface area (Å²) in [5.41, 5.74) is 0.448. The van der Waals surface area contributed by atoms with Gasteiger partial charge in [-0.2, -0.15) is 5.10 Å². The molecule has 1 N–H and O–H groups in total. The monoisotopic (exact) mass is 292 g/mol. The predicted octanol–water partition coefficient (Wildman–Crippen LogP) is 3.64. The molecule has 0 bridgehead atoms. The molecule has 3 rings (SSSR count). The number of aromatic carboxylic acids is 1. The molecule has 1 aliphatic rings. The summed E-state index contributed by atoms with van der Waals surface area (Å²) >= 11 is 0. The quantitative estimate of drug-likeness (QED) is 0.939. The highest BCUT2D eigenvalue weighted by Gasteiger charge is 2.23. The Hall–Kier alpha value is -2.24. The number of carboxylic acid groups (broad SMARTS) is 1. The molecule has 1 aliphatic carbocycles. The van der Waals surface area contributed by atoms with Crippen LogP contribution in [-0.4, -0.2) is 20.9 Å². The maximum atomic E-state index is 13.3. The molecule has 6 heteroatoms. The lowest BCUT2D eigenvalue weighted by molar-refractivity contribution is 0.0697. The van der Waals surface area contributed by atoms with Crippen molar-refractivity contribution in [3.05, 3.63) is 41.6 Å². The van der Waals surface area contributed by atoms with Crippen molar-refractivity contribution in [3.8, 4) is 11.3 Å². The van der Waals surface area contributed by atoms with Gasteiger partial charge in [-0.05, 0) is 31.0 Å². The van der Waals surface area contributed by atoms with Gasteiger partial charge in [0, 0.05) is 11.8 Å². The second-order valence-corrected chi connectivity index (χ2v) is 5.24. The molecule has 0 radical (unpaired) electrons. The topological polar surface area (TPSA) is 55.1 Å². The maximum Gasteiger partial charge on any atom is 0.339 e. The molecule has 0 atom stereocenters. The fourth-order valence-corrected chi connectivity index (χ4v) is 2.76. The molecule has 0 spiro atoms. The number of carboxylic acids is 1. The Bertz CT molecular complexity index is 691. The van der Waals surface area contributed by atoms with E-state index in [-0.39, 0.29) is 22.9 Å². The van der Waals surface area contributed by atoms with E-state index in [1.54, 1.807) is 4.68 Å². The third-order valence-electron chi connectivity index (χ3n) is 3.85. The SMILES string of the molecule is O=C(O)c1cn(C2CCCC2)nc1-c1ccc(F)c(F)c1. The van der Waals surface area contributed by atoms with Crippen molar-refractivity contribution in [3.63, 3.8) is 0 Å². The molecule has 1 saturated carbocycles. The Morgan fingerprint density at radius 1 is 1.24 bits per heavy atom. The summed E-state index contributed by atoms with van der Waals surface area (Å²) in [6.45, 7) is 0. The number of hydrogen-bond donors (Lipinski definition) is 1. The van der Waals surface area contributed by atoms with E-state index in [1.807, 2.05) is 0 Å². The standard InChI is InChI=1S/C15H14F2N2O2/c16-12-6-5-9(7-13(12)17)14-11(15(20)21)8-19(18-14)10-3-1-2-4-10/h5-8,10H,1-4H2,(H,20,21). The molecule has 0 aliphatic heterocycles. The number of rotatable bonds is 3. The molecular weight excluding hydrogens is 278 g/mol. The molecule has 110 valence electrons. The van der Waals surface area contributed by atoms with Gasteiger partial charge >= 0.3 is 5.97 Å². The van der Waals surface area contributed by atoms with Gasteiger partial charge in [0.15, 0.2) is 11.6 Å². The zero-order chi connectivity index (χ0) is 15.0. The zero-order valence-corrected chi connectivity index (χ0v) is 11.2. The van der Waals surface area contributed by atoms with E-state index in [4.69, 9.17) is 0 Å². The van der Waals surface area contributed by atoms with Crippen LogP contribution in [0.25, 0.3) is 11.3 Å². The highest BCUT2D eigenvalue weighted by atomic mass is 19.2. The Kier molecular flexibility index (Phi) is 3.45. The van der Waals surface area contributed by atoms with Crippen LogP contribution in [0.4, 0.5) is 8.78 Å². The minimum Gasteiger partial charge on any atom is -0.478 e. The van der Waals surface area contributed by atoms with Crippen LogP contribution in [0, 0.1) is 11.6 Å². The lowest BCUT2D eigenvalue weighted by atomic mass is 10.1. The summed E-state index contributed by atoms with van der Waals surface area (Å²) in [6, 6.07) is 3.47. The van der Waals surface area contributed by atoms with Gasteiger partial charge in [-0.3, -0.25) is 4.68 Å². The van der Waals surface area contributed by atoms with Gasteiger partial charge in [-0.25, -0.2) is 13.6 Å². The van der Waals surface area contributed by atoms with Crippen molar-refractivity contribution in [2.75, 3.05) is 0 Å². The Morgan fingerprint density at radius 3 is 2.57 bits per heavy atom. The highest BCUT2D eigenvalue weighted by molar-refractivity contribution is 5.94. The third-order valence-corrected chi connectivity index (χ3v) is 3.85. The lowest BCUT2D eigenvalue weighted by Crippen LogP contribution is -2.05. The number of halogens is 2. The first-order valence-corrected chi connectivity index (χ1v) is 6.84. The van der Waals surface area contributed by atoms with Crippen LogP contribution in [0.3, 0.4) is 0 Å². The molecule has 0 amide bonds. The fraction of sp³-hybridized carbons (Fsp3) is 0.333. The van der Waals surface area contributed by atoms with Crippen molar-refractivity contribution in [2.24, 2.45) is 0 Å². The minimum atomic E-state index is -1.13. The molecule has 1 heterocycles. The fourth-order valence-electron chi connectivity index (χ4n) is 2.76. The number of nitrogens with zero attached hydrogens (tertiary/aromatic N) is 2. The Labute approximate surface area is 120 Å². The van der Waals surface area contributed by atoms with Crippen LogP contribution in [0.2, 0.25) is 0 Å². The summed E-state index contributed by atoms with van der Waals surface area (Å²) in [4.78, 5) is 11.4. The number of aromatic nitrogens is 2. The summed E-state index contributed by atoms with van der Waals surface area (Å²) in [5.74, 6) is -3.11. The smallest absolute Gasteiger partial charge is 0.339 e. The van der Waals surface area contributed by atoms with E-state index in [0.717, 1.165) is 37.8 Å². The number of hydrogen-bond acceptors (Lipinski definition) is 2. The van der Waals surface area contributed by atoms with Crippen molar-refractivity contribution < 1.29 is 18.7 Å².